The van der Waals surface area contributed by atoms with Crippen molar-refractivity contribution in [3.05, 3.63) is 29.8 Å². The van der Waals surface area contributed by atoms with Crippen LogP contribution in [0.25, 0.3) is 0 Å². The molecule has 0 saturated carbocycles. The van der Waals surface area contributed by atoms with E-state index in [1.165, 1.54) is 4.90 Å². The largest absolute Gasteiger partial charge is 0.494 e. The molecule has 0 aliphatic carbocycles. The molecule has 0 saturated heterocycles. The van der Waals surface area contributed by atoms with E-state index in [-0.39, 0.29) is 12.3 Å². The van der Waals surface area contributed by atoms with E-state index in [0.29, 0.717) is 13.2 Å². The molecule has 1 rings (SSSR count). The normalized spacial score (nSPS) is 11.0. The van der Waals surface area contributed by atoms with Gasteiger partial charge < -0.3 is 14.7 Å². The Kier molecular flexibility index (Phi) is 5.76. The molecular formula is C16H23NO4. The summed E-state index contributed by atoms with van der Waals surface area (Å²) in [6.45, 7) is 5.96. The Hall–Kier alpha value is -2.04. The Morgan fingerprint density at radius 1 is 1.29 bits per heavy atom. The number of ether oxygens (including phenoxy) is 1. The summed E-state index contributed by atoms with van der Waals surface area (Å²) in [5.74, 6) is -0.426. The van der Waals surface area contributed by atoms with Crippen molar-refractivity contribution in [3.8, 4) is 5.75 Å². The molecule has 0 radical (unpaired) electrons. The molecule has 5 nitrogen and oxygen atoms in total. The monoisotopic (exact) mass is 293 g/mol. The van der Waals surface area contributed by atoms with Crippen molar-refractivity contribution < 1.29 is 19.4 Å². The lowest BCUT2D eigenvalue weighted by Gasteiger charge is -2.24. The predicted octanol–water partition coefficient (Wildman–Crippen LogP) is 2.54. The molecule has 1 aromatic rings. The average molecular weight is 293 g/mol. The smallest absolute Gasteiger partial charge is 0.309 e. The van der Waals surface area contributed by atoms with E-state index >= 15 is 0 Å². The summed E-state index contributed by atoms with van der Waals surface area (Å²) in [5, 5.41) is 9.09. The van der Waals surface area contributed by atoms with Crippen molar-refractivity contribution >= 4 is 11.9 Å². The first-order chi connectivity index (χ1) is 9.77. The van der Waals surface area contributed by atoms with Crippen LogP contribution in [-0.4, -0.2) is 35.5 Å². The molecule has 0 unspecified atom stereocenters. The highest BCUT2D eigenvalue weighted by Gasteiger charge is 2.31. The zero-order chi connectivity index (χ0) is 16.0. The second kappa shape index (κ2) is 7.11. The number of amides is 1. The van der Waals surface area contributed by atoms with Crippen molar-refractivity contribution in [2.45, 2.75) is 33.7 Å². The lowest BCUT2D eigenvalue weighted by atomic mass is 9.89. The molecule has 116 valence electrons. The number of aliphatic carboxylic acids is 1. The summed E-state index contributed by atoms with van der Waals surface area (Å²) in [7, 11) is 1.67. The second-order valence-corrected chi connectivity index (χ2v) is 5.66. The number of rotatable bonds is 7. The van der Waals surface area contributed by atoms with E-state index in [2.05, 4.69) is 0 Å². The van der Waals surface area contributed by atoms with Gasteiger partial charge in [-0.3, -0.25) is 9.59 Å². The molecule has 1 aromatic carbocycles. The van der Waals surface area contributed by atoms with Crippen LogP contribution < -0.4 is 4.74 Å². The van der Waals surface area contributed by atoms with Crippen molar-refractivity contribution in [3.63, 3.8) is 0 Å². The number of hydrogen-bond acceptors (Lipinski definition) is 3. The molecule has 5 heteroatoms. The molecule has 0 aliphatic heterocycles. The quantitative estimate of drug-likeness (QED) is 0.839. The minimum absolute atomic E-state index is 0.0321. The summed E-state index contributed by atoms with van der Waals surface area (Å²) in [5.41, 5.74) is -0.159. The molecule has 0 aromatic heterocycles. The molecule has 0 aliphatic rings. The summed E-state index contributed by atoms with van der Waals surface area (Å²) < 4.78 is 5.52. The van der Waals surface area contributed by atoms with Crippen LogP contribution in [0.4, 0.5) is 0 Å². The minimum atomic E-state index is -1.06. The molecule has 1 N–H and O–H groups in total. The number of benzene rings is 1. The third kappa shape index (κ3) is 4.77. The van der Waals surface area contributed by atoms with Gasteiger partial charge in [-0.05, 0) is 26.8 Å². The fraction of sp³-hybridized carbons (Fsp3) is 0.500. The molecule has 0 heterocycles. The highest BCUT2D eigenvalue weighted by Crippen LogP contribution is 2.23. The van der Waals surface area contributed by atoms with Crippen LogP contribution in [0.2, 0.25) is 0 Å². The minimum Gasteiger partial charge on any atom is -0.494 e. The molecule has 0 atom stereocenters. The topological polar surface area (TPSA) is 66.8 Å². The van der Waals surface area contributed by atoms with Crippen LogP contribution in [-0.2, 0) is 16.1 Å². The van der Waals surface area contributed by atoms with Crippen molar-refractivity contribution in [1.29, 1.82) is 0 Å². The third-order valence-electron chi connectivity index (χ3n) is 3.28. The standard InChI is InChI=1S/C16H23NO4/c1-5-21-13-9-7-6-8-12(13)11-17(4)14(18)10-16(2,3)15(19)20/h6-9H,5,10-11H2,1-4H3,(H,19,20). The van der Waals surface area contributed by atoms with Crippen LogP contribution >= 0.6 is 0 Å². The number of carbonyl (C=O) groups is 2. The lowest BCUT2D eigenvalue weighted by Crippen LogP contribution is -2.34. The van der Waals surface area contributed by atoms with E-state index in [1.54, 1.807) is 20.9 Å². The first-order valence-electron chi connectivity index (χ1n) is 6.96. The zero-order valence-corrected chi connectivity index (χ0v) is 13.0. The first-order valence-corrected chi connectivity index (χ1v) is 6.96. The van der Waals surface area contributed by atoms with Gasteiger partial charge in [0.05, 0.1) is 12.0 Å². The van der Waals surface area contributed by atoms with E-state index in [9.17, 15) is 9.59 Å². The fourth-order valence-electron chi connectivity index (χ4n) is 1.86. The SMILES string of the molecule is CCOc1ccccc1CN(C)C(=O)CC(C)(C)C(=O)O. The predicted molar refractivity (Wildman–Crippen MR) is 80.1 cm³/mol. The Labute approximate surface area is 125 Å². The second-order valence-electron chi connectivity index (χ2n) is 5.66. The Bertz CT molecular complexity index is 511. The number of nitrogens with zero attached hydrogens (tertiary/aromatic N) is 1. The molecule has 0 spiro atoms. The number of carboxylic acids is 1. The van der Waals surface area contributed by atoms with Gasteiger partial charge in [0, 0.05) is 25.6 Å². The zero-order valence-electron chi connectivity index (χ0n) is 13.0. The highest BCUT2D eigenvalue weighted by molar-refractivity contribution is 5.84. The summed E-state index contributed by atoms with van der Waals surface area (Å²) in [6, 6.07) is 7.52. The van der Waals surface area contributed by atoms with Gasteiger partial charge in [-0.1, -0.05) is 18.2 Å². The van der Waals surface area contributed by atoms with Gasteiger partial charge in [0.25, 0.3) is 0 Å². The van der Waals surface area contributed by atoms with E-state index in [4.69, 9.17) is 9.84 Å². The van der Waals surface area contributed by atoms with Gasteiger partial charge in [-0.2, -0.15) is 0 Å². The Balaban J connectivity index is 2.75. The van der Waals surface area contributed by atoms with Crippen LogP contribution in [0.3, 0.4) is 0 Å². The van der Waals surface area contributed by atoms with E-state index in [1.807, 2.05) is 31.2 Å². The number of hydrogen-bond donors (Lipinski definition) is 1. The molecule has 21 heavy (non-hydrogen) atoms. The summed E-state index contributed by atoms with van der Waals surface area (Å²) >= 11 is 0. The first kappa shape index (κ1) is 17.0. The van der Waals surface area contributed by atoms with Gasteiger partial charge in [0.15, 0.2) is 0 Å². The number of para-hydroxylation sites is 1. The van der Waals surface area contributed by atoms with Gasteiger partial charge in [-0.25, -0.2) is 0 Å². The van der Waals surface area contributed by atoms with Gasteiger partial charge in [0.2, 0.25) is 5.91 Å². The summed E-state index contributed by atoms with van der Waals surface area (Å²) in [4.78, 5) is 24.8. The maximum atomic E-state index is 12.2. The fourth-order valence-corrected chi connectivity index (χ4v) is 1.86. The molecule has 0 fully saturated rings. The van der Waals surface area contributed by atoms with E-state index < -0.39 is 11.4 Å². The van der Waals surface area contributed by atoms with Crippen molar-refractivity contribution in [2.75, 3.05) is 13.7 Å². The van der Waals surface area contributed by atoms with Crippen LogP contribution in [0.5, 0.6) is 5.75 Å². The van der Waals surface area contributed by atoms with Crippen LogP contribution in [0.15, 0.2) is 24.3 Å². The maximum absolute atomic E-state index is 12.2. The highest BCUT2D eigenvalue weighted by atomic mass is 16.5. The summed E-state index contributed by atoms with van der Waals surface area (Å²) in [6.07, 6.45) is -0.0321. The Morgan fingerprint density at radius 3 is 2.48 bits per heavy atom. The third-order valence-corrected chi connectivity index (χ3v) is 3.28. The van der Waals surface area contributed by atoms with Crippen LogP contribution in [0.1, 0.15) is 32.8 Å². The lowest BCUT2D eigenvalue weighted by molar-refractivity contribution is -0.151. The maximum Gasteiger partial charge on any atom is 0.309 e. The van der Waals surface area contributed by atoms with Crippen molar-refractivity contribution in [2.24, 2.45) is 5.41 Å². The molecular weight excluding hydrogens is 270 g/mol. The number of carboxylic acid groups (broad SMARTS) is 1. The van der Waals surface area contributed by atoms with Crippen LogP contribution in [0, 0.1) is 5.41 Å². The van der Waals surface area contributed by atoms with Gasteiger partial charge in [0.1, 0.15) is 5.75 Å². The van der Waals surface area contributed by atoms with Gasteiger partial charge in [-0.15, -0.1) is 0 Å². The van der Waals surface area contributed by atoms with Crippen molar-refractivity contribution in [1.82, 2.24) is 4.90 Å². The Morgan fingerprint density at radius 2 is 1.90 bits per heavy atom. The van der Waals surface area contributed by atoms with E-state index in [0.717, 1.165) is 11.3 Å². The van der Waals surface area contributed by atoms with Gasteiger partial charge >= 0.3 is 5.97 Å². The molecule has 1 amide bonds. The average Bonchev–Trinajstić information content (AvgIpc) is 2.40. The molecule has 0 bridgehead atoms. The number of carbonyl (C=O) groups excluding carboxylic acids is 1.